The zero-order chi connectivity index (χ0) is 11.4. The largest absolute Gasteiger partial charge is 0.275 e. The SMILES string of the molecule is Cc1c(C=CCCl)cc(F)cc1[N+](=O)[O-]. The van der Waals surface area contributed by atoms with Crippen molar-refractivity contribution in [1.29, 1.82) is 0 Å². The second kappa shape index (κ2) is 4.89. The van der Waals surface area contributed by atoms with Crippen molar-refractivity contribution in [2.75, 3.05) is 5.88 Å². The Kier molecular flexibility index (Phi) is 3.80. The summed E-state index contributed by atoms with van der Waals surface area (Å²) in [5.74, 6) is -0.342. The molecule has 15 heavy (non-hydrogen) atoms. The predicted octanol–water partition coefficient (Wildman–Crippen LogP) is 3.29. The van der Waals surface area contributed by atoms with Gasteiger partial charge in [-0.2, -0.15) is 0 Å². The number of benzene rings is 1. The van der Waals surface area contributed by atoms with Crippen molar-refractivity contribution in [3.05, 3.63) is 45.3 Å². The van der Waals surface area contributed by atoms with Crippen LogP contribution in [0.25, 0.3) is 6.08 Å². The van der Waals surface area contributed by atoms with E-state index < -0.39 is 10.7 Å². The fourth-order valence-electron chi connectivity index (χ4n) is 1.22. The standard InChI is InChI=1S/C10H9ClFNO2/c1-7-8(3-2-4-11)5-9(12)6-10(7)13(14)15/h2-3,5-6H,4H2,1H3. The molecular formula is C10H9ClFNO2. The lowest BCUT2D eigenvalue weighted by Gasteiger charge is -2.02. The molecule has 5 heteroatoms. The van der Waals surface area contributed by atoms with Crippen LogP contribution in [0.15, 0.2) is 18.2 Å². The van der Waals surface area contributed by atoms with Crippen LogP contribution < -0.4 is 0 Å². The van der Waals surface area contributed by atoms with Gasteiger partial charge in [0.2, 0.25) is 0 Å². The van der Waals surface area contributed by atoms with Crippen LogP contribution in [0.2, 0.25) is 0 Å². The topological polar surface area (TPSA) is 43.1 Å². The van der Waals surface area contributed by atoms with E-state index in [1.54, 1.807) is 19.1 Å². The van der Waals surface area contributed by atoms with Crippen LogP contribution in [-0.2, 0) is 0 Å². The van der Waals surface area contributed by atoms with E-state index in [4.69, 9.17) is 11.6 Å². The van der Waals surface area contributed by atoms with Crippen molar-refractivity contribution >= 4 is 23.4 Å². The highest BCUT2D eigenvalue weighted by molar-refractivity contribution is 6.19. The van der Waals surface area contributed by atoms with E-state index in [0.717, 1.165) is 6.07 Å². The summed E-state index contributed by atoms with van der Waals surface area (Å²) in [7, 11) is 0. The zero-order valence-electron chi connectivity index (χ0n) is 8.04. The van der Waals surface area contributed by atoms with Crippen molar-refractivity contribution in [2.24, 2.45) is 0 Å². The maximum atomic E-state index is 13.0. The number of hydrogen-bond acceptors (Lipinski definition) is 2. The first-order valence-electron chi connectivity index (χ1n) is 4.23. The fourth-order valence-corrected chi connectivity index (χ4v) is 1.31. The Morgan fingerprint density at radius 2 is 2.27 bits per heavy atom. The first-order valence-corrected chi connectivity index (χ1v) is 4.76. The van der Waals surface area contributed by atoms with Crippen LogP contribution in [-0.4, -0.2) is 10.8 Å². The van der Waals surface area contributed by atoms with Gasteiger partial charge in [-0.1, -0.05) is 12.2 Å². The minimum absolute atomic E-state index is 0.218. The third-order valence-corrected chi connectivity index (χ3v) is 2.15. The van der Waals surface area contributed by atoms with Gasteiger partial charge in [0.15, 0.2) is 0 Å². The van der Waals surface area contributed by atoms with Crippen LogP contribution in [0.3, 0.4) is 0 Å². The Balaban J connectivity index is 3.28. The number of nitro groups is 1. The van der Waals surface area contributed by atoms with Gasteiger partial charge in [0, 0.05) is 11.4 Å². The smallest absolute Gasteiger partial charge is 0.258 e. The van der Waals surface area contributed by atoms with E-state index in [2.05, 4.69) is 0 Å². The van der Waals surface area contributed by atoms with Gasteiger partial charge in [0.05, 0.1) is 11.0 Å². The molecule has 0 aromatic heterocycles. The molecule has 0 spiro atoms. The van der Waals surface area contributed by atoms with Gasteiger partial charge in [-0.05, 0) is 18.6 Å². The minimum atomic E-state index is -0.624. The lowest BCUT2D eigenvalue weighted by molar-refractivity contribution is -0.385. The molecule has 0 atom stereocenters. The number of nitrogens with zero attached hydrogens (tertiary/aromatic N) is 1. The third kappa shape index (κ3) is 2.76. The Hall–Kier alpha value is -1.42. The maximum absolute atomic E-state index is 13.0. The molecular weight excluding hydrogens is 221 g/mol. The monoisotopic (exact) mass is 229 g/mol. The molecule has 1 aromatic carbocycles. The summed E-state index contributed by atoms with van der Waals surface area (Å²) in [6.07, 6.45) is 3.17. The Morgan fingerprint density at radius 1 is 1.60 bits per heavy atom. The molecule has 80 valence electrons. The molecule has 0 heterocycles. The van der Waals surface area contributed by atoms with Crippen LogP contribution >= 0.6 is 11.6 Å². The van der Waals surface area contributed by atoms with Crippen molar-refractivity contribution < 1.29 is 9.31 Å². The number of nitro benzene ring substituents is 1. The summed E-state index contributed by atoms with van der Waals surface area (Å²) in [6.45, 7) is 1.57. The highest BCUT2D eigenvalue weighted by Gasteiger charge is 2.14. The van der Waals surface area contributed by atoms with Crippen molar-refractivity contribution in [1.82, 2.24) is 0 Å². The van der Waals surface area contributed by atoms with Crippen LogP contribution in [0.4, 0.5) is 10.1 Å². The summed E-state index contributed by atoms with van der Waals surface area (Å²) in [5, 5.41) is 10.6. The first kappa shape index (κ1) is 11.7. The molecule has 0 bridgehead atoms. The second-order valence-corrected chi connectivity index (χ2v) is 3.26. The molecule has 0 saturated carbocycles. The third-order valence-electron chi connectivity index (χ3n) is 1.97. The summed E-state index contributed by atoms with van der Waals surface area (Å²) in [4.78, 5) is 9.99. The van der Waals surface area contributed by atoms with Crippen molar-refractivity contribution in [3.8, 4) is 0 Å². The maximum Gasteiger partial charge on any atom is 0.275 e. The molecule has 0 aliphatic heterocycles. The van der Waals surface area contributed by atoms with Crippen LogP contribution in [0.1, 0.15) is 11.1 Å². The lowest BCUT2D eigenvalue weighted by Crippen LogP contribution is -1.95. The second-order valence-electron chi connectivity index (χ2n) is 2.95. The molecule has 0 N–H and O–H groups in total. The first-order chi connectivity index (χ1) is 7.06. The molecule has 0 aliphatic rings. The van der Waals surface area contributed by atoms with E-state index >= 15 is 0 Å². The number of allylic oxidation sites excluding steroid dienone is 1. The van der Waals surface area contributed by atoms with E-state index in [-0.39, 0.29) is 11.6 Å². The predicted molar refractivity (Wildman–Crippen MR) is 57.5 cm³/mol. The van der Waals surface area contributed by atoms with E-state index in [1.807, 2.05) is 0 Å². The highest BCUT2D eigenvalue weighted by atomic mass is 35.5. The van der Waals surface area contributed by atoms with Crippen LogP contribution in [0, 0.1) is 22.9 Å². The summed E-state index contributed by atoms with van der Waals surface area (Å²) in [5.41, 5.74) is 0.689. The number of rotatable bonds is 3. The molecule has 0 unspecified atom stereocenters. The summed E-state index contributed by atoms with van der Waals surface area (Å²) in [6, 6.07) is 2.15. The van der Waals surface area contributed by atoms with Crippen LogP contribution in [0.5, 0.6) is 0 Å². The average Bonchev–Trinajstić information content (AvgIpc) is 2.18. The molecule has 1 rings (SSSR count). The van der Waals surface area contributed by atoms with Gasteiger partial charge in [0.25, 0.3) is 5.69 Å². The van der Waals surface area contributed by atoms with Gasteiger partial charge >= 0.3 is 0 Å². The summed E-state index contributed by atoms with van der Waals surface area (Å²) >= 11 is 5.43. The highest BCUT2D eigenvalue weighted by Crippen LogP contribution is 2.24. The number of alkyl halides is 1. The van der Waals surface area contributed by atoms with Gasteiger partial charge < -0.3 is 0 Å². The zero-order valence-corrected chi connectivity index (χ0v) is 8.79. The molecule has 0 saturated heterocycles. The molecule has 1 aromatic rings. The normalized spacial score (nSPS) is 10.9. The van der Waals surface area contributed by atoms with Crippen molar-refractivity contribution in [2.45, 2.75) is 6.92 Å². The van der Waals surface area contributed by atoms with E-state index in [1.165, 1.54) is 6.07 Å². The van der Waals surface area contributed by atoms with Gasteiger partial charge in [-0.15, -0.1) is 11.6 Å². The van der Waals surface area contributed by atoms with E-state index in [0.29, 0.717) is 11.1 Å². The average molecular weight is 230 g/mol. The minimum Gasteiger partial charge on any atom is -0.258 e. The quantitative estimate of drug-likeness (QED) is 0.453. The number of halogens is 2. The molecule has 0 fully saturated rings. The Bertz CT molecular complexity index is 418. The molecule has 0 amide bonds. The molecule has 0 aliphatic carbocycles. The molecule has 0 radical (unpaired) electrons. The van der Waals surface area contributed by atoms with Crippen molar-refractivity contribution in [3.63, 3.8) is 0 Å². The molecule has 3 nitrogen and oxygen atoms in total. The Morgan fingerprint density at radius 3 is 2.80 bits per heavy atom. The lowest BCUT2D eigenvalue weighted by atomic mass is 10.1. The Labute approximate surface area is 91.3 Å². The summed E-state index contributed by atoms with van der Waals surface area (Å²) < 4.78 is 13.0. The van der Waals surface area contributed by atoms with Gasteiger partial charge in [-0.25, -0.2) is 4.39 Å². The van der Waals surface area contributed by atoms with Gasteiger partial charge in [-0.3, -0.25) is 10.1 Å². The van der Waals surface area contributed by atoms with E-state index in [9.17, 15) is 14.5 Å². The van der Waals surface area contributed by atoms with Gasteiger partial charge in [0.1, 0.15) is 5.82 Å². The fraction of sp³-hybridized carbons (Fsp3) is 0.200. The number of hydrogen-bond donors (Lipinski definition) is 0.